The average molecular weight is 234 g/mol. The summed E-state index contributed by atoms with van der Waals surface area (Å²) in [6, 6.07) is 5.97. The minimum Gasteiger partial charge on any atom is -0.392 e. The molecule has 1 aromatic carbocycles. The molecule has 1 unspecified atom stereocenters. The average Bonchev–Trinajstić information content (AvgIpc) is 2.69. The second-order valence-corrected chi connectivity index (χ2v) is 4.49. The van der Waals surface area contributed by atoms with Gasteiger partial charge in [-0.15, -0.1) is 0 Å². The minimum atomic E-state index is -0.364. The molecule has 0 saturated carbocycles. The fraction of sp³-hybridized carbons (Fsp3) is 0.462. The van der Waals surface area contributed by atoms with E-state index in [1.165, 1.54) is 5.56 Å². The van der Waals surface area contributed by atoms with Crippen molar-refractivity contribution in [2.75, 3.05) is 23.3 Å². The minimum absolute atomic E-state index is 0.0911. The quantitative estimate of drug-likeness (QED) is 0.831. The molecular weight excluding hydrogens is 216 g/mol. The third-order valence-corrected chi connectivity index (χ3v) is 2.96. The van der Waals surface area contributed by atoms with Crippen LogP contribution in [0.2, 0.25) is 0 Å². The van der Waals surface area contributed by atoms with Crippen LogP contribution in [0.5, 0.6) is 0 Å². The van der Waals surface area contributed by atoms with E-state index in [4.69, 9.17) is 0 Å². The van der Waals surface area contributed by atoms with Crippen LogP contribution in [-0.4, -0.2) is 30.2 Å². The van der Waals surface area contributed by atoms with E-state index in [9.17, 15) is 9.90 Å². The van der Waals surface area contributed by atoms with Crippen molar-refractivity contribution in [2.24, 2.45) is 0 Å². The molecular formula is C13H18N2O2. The van der Waals surface area contributed by atoms with Crippen molar-refractivity contribution in [3.05, 3.63) is 23.8 Å². The number of rotatable bonds is 3. The van der Waals surface area contributed by atoms with Crippen LogP contribution in [0.15, 0.2) is 18.2 Å². The molecule has 4 nitrogen and oxygen atoms in total. The molecule has 2 N–H and O–H groups in total. The van der Waals surface area contributed by atoms with Gasteiger partial charge < -0.3 is 15.3 Å². The van der Waals surface area contributed by atoms with Crippen molar-refractivity contribution in [1.82, 2.24) is 0 Å². The SMILES string of the molecule is CC(=O)N1CCc2cc(NCC(C)O)ccc21. The highest BCUT2D eigenvalue weighted by Crippen LogP contribution is 2.30. The molecule has 17 heavy (non-hydrogen) atoms. The summed E-state index contributed by atoms with van der Waals surface area (Å²) in [4.78, 5) is 13.2. The second-order valence-electron chi connectivity index (χ2n) is 4.49. The lowest BCUT2D eigenvalue weighted by Crippen LogP contribution is -2.25. The molecule has 0 radical (unpaired) electrons. The summed E-state index contributed by atoms with van der Waals surface area (Å²) in [6.07, 6.45) is 0.538. The van der Waals surface area contributed by atoms with Crippen LogP contribution in [0.25, 0.3) is 0 Å². The number of carbonyl (C=O) groups excluding carboxylic acids is 1. The van der Waals surface area contributed by atoms with Gasteiger partial charge in [-0.05, 0) is 37.1 Å². The van der Waals surface area contributed by atoms with Crippen molar-refractivity contribution < 1.29 is 9.90 Å². The van der Waals surface area contributed by atoms with Gasteiger partial charge in [0, 0.05) is 31.4 Å². The van der Waals surface area contributed by atoms with Gasteiger partial charge in [-0.25, -0.2) is 0 Å². The number of hydrogen-bond donors (Lipinski definition) is 2. The molecule has 1 aliphatic heterocycles. The first-order valence-corrected chi connectivity index (χ1v) is 5.91. The summed E-state index contributed by atoms with van der Waals surface area (Å²) in [7, 11) is 0. The molecule has 1 amide bonds. The Morgan fingerprint density at radius 3 is 3.00 bits per heavy atom. The van der Waals surface area contributed by atoms with Crippen molar-refractivity contribution >= 4 is 17.3 Å². The summed E-state index contributed by atoms with van der Waals surface area (Å²) < 4.78 is 0. The van der Waals surface area contributed by atoms with Crippen molar-refractivity contribution in [2.45, 2.75) is 26.4 Å². The predicted octanol–water partition coefficient (Wildman–Crippen LogP) is 1.39. The fourth-order valence-electron chi connectivity index (χ4n) is 2.10. The lowest BCUT2D eigenvalue weighted by molar-refractivity contribution is -0.116. The van der Waals surface area contributed by atoms with Gasteiger partial charge in [0.1, 0.15) is 0 Å². The van der Waals surface area contributed by atoms with Gasteiger partial charge in [0.05, 0.1) is 6.10 Å². The van der Waals surface area contributed by atoms with Gasteiger partial charge in [-0.3, -0.25) is 4.79 Å². The van der Waals surface area contributed by atoms with Gasteiger partial charge in [0.15, 0.2) is 0 Å². The van der Waals surface area contributed by atoms with E-state index in [0.717, 1.165) is 24.3 Å². The molecule has 1 atom stereocenters. The highest BCUT2D eigenvalue weighted by Gasteiger charge is 2.21. The van der Waals surface area contributed by atoms with Gasteiger partial charge >= 0.3 is 0 Å². The van der Waals surface area contributed by atoms with E-state index in [1.807, 2.05) is 12.1 Å². The Morgan fingerprint density at radius 1 is 1.59 bits per heavy atom. The van der Waals surface area contributed by atoms with E-state index < -0.39 is 0 Å². The van der Waals surface area contributed by atoms with Crippen LogP contribution in [0.3, 0.4) is 0 Å². The summed E-state index contributed by atoms with van der Waals surface area (Å²) in [5.41, 5.74) is 3.20. The smallest absolute Gasteiger partial charge is 0.223 e. The van der Waals surface area contributed by atoms with E-state index >= 15 is 0 Å². The maximum Gasteiger partial charge on any atom is 0.223 e. The van der Waals surface area contributed by atoms with E-state index in [0.29, 0.717) is 6.54 Å². The molecule has 0 aliphatic carbocycles. The van der Waals surface area contributed by atoms with Crippen molar-refractivity contribution in [3.8, 4) is 0 Å². The first-order valence-electron chi connectivity index (χ1n) is 5.91. The van der Waals surface area contributed by atoms with E-state index in [2.05, 4.69) is 11.4 Å². The Hall–Kier alpha value is -1.55. The number of benzene rings is 1. The molecule has 4 heteroatoms. The summed E-state index contributed by atoms with van der Waals surface area (Å²) >= 11 is 0. The second kappa shape index (κ2) is 4.75. The normalized spacial score (nSPS) is 15.6. The van der Waals surface area contributed by atoms with Gasteiger partial charge in [-0.2, -0.15) is 0 Å². The predicted molar refractivity (Wildman–Crippen MR) is 68.3 cm³/mol. The highest BCUT2D eigenvalue weighted by atomic mass is 16.3. The summed E-state index contributed by atoms with van der Waals surface area (Å²) in [6.45, 7) is 4.65. The molecule has 0 fully saturated rings. The number of carbonyl (C=O) groups is 1. The van der Waals surface area contributed by atoms with Crippen molar-refractivity contribution in [1.29, 1.82) is 0 Å². The molecule has 2 rings (SSSR count). The van der Waals surface area contributed by atoms with Crippen LogP contribution in [-0.2, 0) is 11.2 Å². The monoisotopic (exact) mass is 234 g/mol. The van der Waals surface area contributed by atoms with E-state index in [-0.39, 0.29) is 12.0 Å². The molecule has 1 heterocycles. The zero-order valence-corrected chi connectivity index (χ0v) is 10.2. The fourth-order valence-corrected chi connectivity index (χ4v) is 2.10. The van der Waals surface area contributed by atoms with Crippen LogP contribution in [0.4, 0.5) is 11.4 Å². The maximum atomic E-state index is 11.4. The van der Waals surface area contributed by atoms with Crippen LogP contribution in [0.1, 0.15) is 19.4 Å². The van der Waals surface area contributed by atoms with Crippen molar-refractivity contribution in [3.63, 3.8) is 0 Å². The van der Waals surface area contributed by atoms with Gasteiger partial charge in [0.25, 0.3) is 0 Å². The van der Waals surface area contributed by atoms with Gasteiger partial charge in [0.2, 0.25) is 5.91 Å². The number of aliphatic hydroxyl groups is 1. The summed E-state index contributed by atoms with van der Waals surface area (Å²) in [5.74, 6) is 0.0911. The molecule has 0 spiro atoms. The molecule has 0 saturated heterocycles. The topological polar surface area (TPSA) is 52.6 Å². The third-order valence-electron chi connectivity index (χ3n) is 2.96. The Morgan fingerprint density at radius 2 is 2.35 bits per heavy atom. The Kier molecular flexibility index (Phi) is 3.33. The molecule has 0 aromatic heterocycles. The zero-order chi connectivity index (χ0) is 12.4. The lowest BCUT2D eigenvalue weighted by Gasteiger charge is -2.15. The largest absolute Gasteiger partial charge is 0.392 e. The first kappa shape index (κ1) is 11.9. The highest BCUT2D eigenvalue weighted by molar-refractivity contribution is 5.94. The zero-order valence-electron chi connectivity index (χ0n) is 10.2. The number of fused-ring (bicyclic) bond motifs is 1. The van der Waals surface area contributed by atoms with Crippen LogP contribution < -0.4 is 10.2 Å². The number of nitrogens with zero attached hydrogens (tertiary/aromatic N) is 1. The molecule has 0 bridgehead atoms. The number of amides is 1. The number of aliphatic hydroxyl groups excluding tert-OH is 1. The number of hydrogen-bond acceptors (Lipinski definition) is 3. The third kappa shape index (κ3) is 2.58. The molecule has 92 valence electrons. The first-order chi connectivity index (χ1) is 8.08. The Bertz CT molecular complexity index is 429. The maximum absolute atomic E-state index is 11.4. The van der Waals surface area contributed by atoms with Crippen LogP contribution in [0, 0.1) is 0 Å². The standard InChI is InChI=1S/C13H18N2O2/c1-9(16)8-14-12-3-4-13-11(7-12)5-6-15(13)10(2)17/h3-4,7,9,14,16H,5-6,8H2,1-2H3. The molecule has 1 aromatic rings. The number of anilines is 2. The molecule has 1 aliphatic rings. The lowest BCUT2D eigenvalue weighted by atomic mass is 10.1. The van der Waals surface area contributed by atoms with Crippen LogP contribution >= 0.6 is 0 Å². The van der Waals surface area contributed by atoms with Gasteiger partial charge in [-0.1, -0.05) is 0 Å². The summed E-state index contributed by atoms with van der Waals surface area (Å²) in [5, 5.41) is 12.4. The van der Waals surface area contributed by atoms with E-state index in [1.54, 1.807) is 18.7 Å². The number of nitrogens with one attached hydrogen (secondary N) is 1. The Labute approximate surface area is 101 Å². The Balaban J connectivity index is 2.14.